The van der Waals surface area contributed by atoms with Gasteiger partial charge in [-0.15, -0.1) is 0 Å². The van der Waals surface area contributed by atoms with E-state index in [1.54, 1.807) is 6.07 Å². The summed E-state index contributed by atoms with van der Waals surface area (Å²) in [4.78, 5) is 39.1. The summed E-state index contributed by atoms with van der Waals surface area (Å²) in [5, 5.41) is 2.84. The lowest BCUT2D eigenvalue weighted by molar-refractivity contribution is -0.123. The van der Waals surface area contributed by atoms with E-state index in [-0.39, 0.29) is 30.1 Å². The monoisotopic (exact) mass is 434 g/mol. The van der Waals surface area contributed by atoms with Crippen molar-refractivity contribution in [2.45, 2.75) is 52.0 Å². The number of benzene rings is 2. The molecule has 0 saturated carbocycles. The lowest BCUT2D eigenvalue weighted by Gasteiger charge is -2.26. The molecule has 2 aliphatic rings. The molecule has 0 radical (unpaired) electrons. The van der Waals surface area contributed by atoms with Crippen LogP contribution in [0.5, 0.6) is 5.75 Å². The van der Waals surface area contributed by atoms with Crippen LogP contribution in [0, 0.1) is 6.92 Å². The van der Waals surface area contributed by atoms with E-state index in [4.69, 9.17) is 4.74 Å². The second kappa shape index (κ2) is 9.55. The molecule has 2 aromatic carbocycles. The first-order valence-corrected chi connectivity index (χ1v) is 11.4. The van der Waals surface area contributed by atoms with E-state index in [1.165, 1.54) is 6.42 Å². The Balaban J connectivity index is 1.30. The normalized spacial score (nSPS) is 17.8. The fourth-order valence-corrected chi connectivity index (χ4v) is 4.67. The van der Waals surface area contributed by atoms with Gasteiger partial charge in [0.15, 0.2) is 12.4 Å². The number of fused-ring (bicyclic) bond motifs is 1. The number of ketones is 1. The molecular weight excluding hydrogens is 404 g/mol. The summed E-state index contributed by atoms with van der Waals surface area (Å²) in [7, 11) is 0. The maximum absolute atomic E-state index is 12.6. The van der Waals surface area contributed by atoms with E-state index in [2.05, 4.69) is 5.32 Å². The number of aryl methyl sites for hydroxylation is 1. The highest BCUT2D eigenvalue weighted by Crippen LogP contribution is 2.40. The average molecular weight is 435 g/mol. The fourth-order valence-electron chi connectivity index (χ4n) is 4.67. The van der Waals surface area contributed by atoms with E-state index in [1.807, 2.05) is 49.1 Å². The van der Waals surface area contributed by atoms with Crippen LogP contribution in [-0.2, 0) is 11.3 Å². The van der Waals surface area contributed by atoms with Crippen LogP contribution in [0.2, 0.25) is 0 Å². The summed E-state index contributed by atoms with van der Waals surface area (Å²) in [6.07, 6.45) is 3.81. The summed E-state index contributed by atoms with van der Waals surface area (Å²) >= 11 is 0. The highest BCUT2D eigenvalue weighted by atomic mass is 16.5. The first-order chi connectivity index (χ1) is 15.4. The second-order valence-electron chi connectivity index (χ2n) is 8.81. The fraction of sp³-hybridized carbons (Fsp3) is 0.423. The van der Waals surface area contributed by atoms with Crippen molar-refractivity contribution in [2.24, 2.45) is 0 Å². The molecule has 168 valence electrons. The maximum Gasteiger partial charge on any atom is 0.258 e. The van der Waals surface area contributed by atoms with Gasteiger partial charge in [-0.3, -0.25) is 14.4 Å². The molecule has 2 amide bonds. The first-order valence-electron chi connectivity index (χ1n) is 11.4. The molecule has 0 spiro atoms. The Kier molecular flexibility index (Phi) is 6.58. The first kappa shape index (κ1) is 22.1. The van der Waals surface area contributed by atoms with Crippen molar-refractivity contribution in [3.05, 3.63) is 64.2 Å². The Hall–Kier alpha value is -3.15. The molecule has 2 aromatic rings. The Morgan fingerprint density at radius 1 is 1.06 bits per heavy atom. The summed E-state index contributed by atoms with van der Waals surface area (Å²) in [6, 6.07) is 11.1. The van der Waals surface area contributed by atoms with Crippen LogP contribution < -0.4 is 10.1 Å². The second-order valence-corrected chi connectivity index (χ2v) is 8.81. The van der Waals surface area contributed by atoms with E-state index >= 15 is 0 Å². The highest BCUT2D eigenvalue weighted by Gasteiger charge is 2.31. The van der Waals surface area contributed by atoms with Crippen LogP contribution in [0.1, 0.15) is 75.9 Å². The van der Waals surface area contributed by atoms with Gasteiger partial charge < -0.3 is 15.0 Å². The number of amides is 2. The minimum atomic E-state index is -0.258. The zero-order valence-electron chi connectivity index (χ0n) is 18.8. The van der Waals surface area contributed by atoms with Crippen molar-refractivity contribution in [1.82, 2.24) is 10.2 Å². The average Bonchev–Trinajstić information content (AvgIpc) is 3.12. The third-order valence-corrected chi connectivity index (χ3v) is 6.38. The van der Waals surface area contributed by atoms with Crippen molar-refractivity contribution >= 4 is 17.6 Å². The number of hydrogen-bond donors (Lipinski definition) is 1. The summed E-state index contributed by atoms with van der Waals surface area (Å²) in [5.41, 5.74) is 4.33. The molecule has 1 fully saturated rings. The molecule has 1 heterocycles. The molecule has 6 heteroatoms. The number of carbonyl (C=O) groups excluding carboxylic acids is 3. The molecule has 0 aromatic heterocycles. The Labute approximate surface area is 188 Å². The topological polar surface area (TPSA) is 75.7 Å². The zero-order valence-corrected chi connectivity index (χ0v) is 18.8. The summed E-state index contributed by atoms with van der Waals surface area (Å²) in [5.74, 6) is 0.551. The van der Waals surface area contributed by atoms with Crippen LogP contribution in [-0.4, -0.2) is 42.2 Å². The molecular formula is C26H30N2O4. The van der Waals surface area contributed by atoms with Crippen molar-refractivity contribution in [3.8, 4) is 5.75 Å². The molecule has 1 atom stereocenters. The molecule has 4 rings (SSSR count). The van der Waals surface area contributed by atoms with Gasteiger partial charge in [0, 0.05) is 31.6 Å². The molecule has 1 unspecified atom stereocenters. The van der Waals surface area contributed by atoms with Gasteiger partial charge >= 0.3 is 0 Å². The van der Waals surface area contributed by atoms with Gasteiger partial charge in [-0.1, -0.05) is 25.1 Å². The van der Waals surface area contributed by atoms with Gasteiger partial charge in [0.2, 0.25) is 0 Å². The zero-order chi connectivity index (χ0) is 22.7. The lowest BCUT2D eigenvalue weighted by Crippen LogP contribution is -2.35. The maximum atomic E-state index is 12.6. The van der Waals surface area contributed by atoms with Gasteiger partial charge in [0.1, 0.15) is 5.75 Å². The predicted molar refractivity (Wildman–Crippen MR) is 122 cm³/mol. The molecule has 0 bridgehead atoms. The van der Waals surface area contributed by atoms with Crippen LogP contribution >= 0.6 is 0 Å². The number of ether oxygens (including phenoxy) is 1. The van der Waals surface area contributed by atoms with Gasteiger partial charge in [-0.25, -0.2) is 0 Å². The van der Waals surface area contributed by atoms with E-state index in [0.717, 1.165) is 42.6 Å². The lowest BCUT2D eigenvalue weighted by atomic mass is 9.97. The number of carbonyl (C=O) groups is 3. The number of nitrogens with zero attached hydrogens (tertiary/aromatic N) is 1. The van der Waals surface area contributed by atoms with Crippen molar-refractivity contribution < 1.29 is 19.1 Å². The van der Waals surface area contributed by atoms with E-state index in [9.17, 15) is 14.4 Å². The van der Waals surface area contributed by atoms with Crippen LogP contribution in [0.4, 0.5) is 0 Å². The third-order valence-electron chi connectivity index (χ3n) is 6.38. The molecule has 1 aliphatic heterocycles. The SMILES string of the molecule is Cc1ccc(OCC(=O)NCc2ccc(C(=O)N3CCCCC3)cc2)c2c1C(C)CC2=O. The quantitative estimate of drug-likeness (QED) is 0.746. The van der Waals surface area contributed by atoms with Crippen LogP contribution in [0.15, 0.2) is 36.4 Å². The molecule has 1 saturated heterocycles. The Morgan fingerprint density at radius 3 is 2.50 bits per heavy atom. The van der Waals surface area contributed by atoms with E-state index < -0.39 is 0 Å². The minimum Gasteiger partial charge on any atom is -0.483 e. The van der Waals surface area contributed by atoms with Crippen molar-refractivity contribution in [3.63, 3.8) is 0 Å². The minimum absolute atomic E-state index is 0.0724. The van der Waals surface area contributed by atoms with Gasteiger partial charge in [-0.2, -0.15) is 0 Å². The number of hydrogen-bond acceptors (Lipinski definition) is 4. The van der Waals surface area contributed by atoms with E-state index in [0.29, 0.717) is 29.8 Å². The largest absolute Gasteiger partial charge is 0.483 e. The number of rotatable bonds is 6. The third kappa shape index (κ3) is 4.69. The standard InChI is InChI=1S/C26H30N2O4/c1-17-6-11-22(25-21(29)14-18(2)24(17)25)32-16-23(30)27-15-19-7-9-20(10-8-19)26(31)28-12-4-3-5-13-28/h6-11,18H,3-5,12-16H2,1-2H3,(H,27,30). The van der Waals surface area contributed by atoms with Crippen molar-refractivity contribution in [1.29, 1.82) is 0 Å². The number of Topliss-reactive ketones (excluding diaryl/α,β-unsaturated/α-hetero) is 1. The van der Waals surface area contributed by atoms with Gasteiger partial charge in [0.25, 0.3) is 11.8 Å². The highest BCUT2D eigenvalue weighted by molar-refractivity contribution is 6.04. The number of likely N-dealkylation sites (tertiary alicyclic amines) is 1. The molecule has 1 aliphatic carbocycles. The van der Waals surface area contributed by atoms with Gasteiger partial charge in [0.05, 0.1) is 5.56 Å². The van der Waals surface area contributed by atoms with Crippen LogP contribution in [0.3, 0.4) is 0 Å². The number of nitrogens with one attached hydrogen (secondary N) is 1. The number of piperidine rings is 1. The molecule has 6 nitrogen and oxygen atoms in total. The Bertz CT molecular complexity index is 1020. The van der Waals surface area contributed by atoms with Gasteiger partial charge in [-0.05, 0) is 67.0 Å². The molecule has 1 N–H and O–H groups in total. The van der Waals surface area contributed by atoms with Crippen LogP contribution in [0.25, 0.3) is 0 Å². The summed E-state index contributed by atoms with van der Waals surface area (Å²) < 4.78 is 5.71. The summed E-state index contributed by atoms with van der Waals surface area (Å²) in [6.45, 7) is 5.89. The smallest absolute Gasteiger partial charge is 0.258 e. The predicted octanol–water partition coefficient (Wildman–Crippen LogP) is 4.01. The Morgan fingerprint density at radius 2 is 1.78 bits per heavy atom. The molecule has 32 heavy (non-hydrogen) atoms. The van der Waals surface area contributed by atoms with Crippen molar-refractivity contribution in [2.75, 3.05) is 19.7 Å².